The van der Waals surface area contributed by atoms with Gasteiger partial charge in [0.1, 0.15) is 5.02 Å². The molecule has 0 heterocycles. The summed E-state index contributed by atoms with van der Waals surface area (Å²) >= 11 is 5.78. The molecule has 0 aliphatic heterocycles. The molecule has 17 heavy (non-hydrogen) atoms. The highest BCUT2D eigenvalue weighted by molar-refractivity contribution is 6.35. The number of esters is 1. The molecule has 1 aromatic carbocycles. The second-order valence-corrected chi connectivity index (χ2v) is 3.90. The van der Waals surface area contributed by atoms with Crippen molar-refractivity contribution in [1.29, 1.82) is 0 Å². The van der Waals surface area contributed by atoms with E-state index < -0.39 is 10.9 Å². The summed E-state index contributed by atoms with van der Waals surface area (Å²) in [6.45, 7) is 3.61. The van der Waals surface area contributed by atoms with E-state index in [4.69, 9.17) is 16.3 Å². The number of ether oxygens (including phenoxy) is 1. The van der Waals surface area contributed by atoms with Crippen LogP contribution in [0.1, 0.15) is 30.6 Å². The van der Waals surface area contributed by atoms with Crippen molar-refractivity contribution in [3.8, 4) is 0 Å². The number of benzene rings is 1. The molecular weight excluding hydrogens is 246 g/mol. The predicted octanol–water partition coefficient (Wildman–Crippen LogP) is 3.20. The second-order valence-electron chi connectivity index (χ2n) is 3.52. The van der Waals surface area contributed by atoms with Crippen molar-refractivity contribution >= 4 is 23.3 Å². The fourth-order valence-corrected chi connectivity index (χ4v) is 1.42. The van der Waals surface area contributed by atoms with Crippen molar-refractivity contribution in [2.45, 2.75) is 26.4 Å². The molecule has 1 atom stereocenters. The third kappa shape index (κ3) is 3.17. The van der Waals surface area contributed by atoms with Crippen molar-refractivity contribution in [1.82, 2.24) is 0 Å². The van der Waals surface area contributed by atoms with E-state index in [0.29, 0.717) is 6.42 Å². The van der Waals surface area contributed by atoms with Gasteiger partial charge in [0.2, 0.25) is 0 Å². The Kier molecular flexibility index (Phi) is 4.45. The summed E-state index contributed by atoms with van der Waals surface area (Å²) in [5.41, 5.74) is -0.286. The first-order chi connectivity index (χ1) is 7.97. The summed E-state index contributed by atoms with van der Waals surface area (Å²) in [6.07, 6.45) is 0.413. The average Bonchev–Trinajstić information content (AvgIpc) is 2.28. The lowest BCUT2D eigenvalue weighted by Gasteiger charge is -2.11. The van der Waals surface area contributed by atoms with Crippen LogP contribution in [0.5, 0.6) is 0 Å². The van der Waals surface area contributed by atoms with Gasteiger partial charge in [0.15, 0.2) is 0 Å². The molecule has 0 saturated heterocycles. The van der Waals surface area contributed by atoms with Crippen LogP contribution in [0.4, 0.5) is 5.69 Å². The van der Waals surface area contributed by atoms with Crippen LogP contribution in [0.2, 0.25) is 5.02 Å². The molecule has 0 bridgehead atoms. The molecule has 0 fully saturated rings. The van der Waals surface area contributed by atoms with Gasteiger partial charge < -0.3 is 4.74 Å². The number of nitro groups is 1. The normalized spacial score (nSPS) is 11.9. The van der Waals surface area contributed by atoms with Crippen LogP contribution in [-0.2, 0) is 4.74 Å². The standard InChI is InChI=1S/C11H12ClNO4/c1-3-7(2)17-11(14)8-5-4-6-9(10(8)12)13(15)16/h4-7H,3H2,1-2H3. The smallest absolute Gasteiger partial charge is 0.340 e. The summed E-state index contributed by atoms with van der Waals surface area (Å²) in [7, 11) is 0. The largest absolute Gasteiger partial charge is 0.459 e. The first-order valence-corrected chi connectivity index (χ1v) is 5.49. The molecule has 5 nitrogen and oxygen atoms in total. The van der Waals surface area contributed by atoms with Crippen LogP contribution < -0.4 is 0 Å². The molecule has 1 unspecified atom stereocenters. The quantitative estimate of drug-likeness (QED) is 0.472. The second kappa shape index (κ2) is 5.63. The Labute approximate surface area is 103 Å². The van der Waals surface area contributed by atoms with Crippen LogP contribution in [-0.4, -0.2) is 17.0 Å². The fourth-order valence-electron chi connectivity index (χ4n) is 1.15. The number of hydrogen-bond acceptors (Lipinski definition) is 4. The van der Waals surface area contributed by atoms with Crippen molar-refractivity contribution < 1.29 is 14.5 Å². The minimum absolute atomic E-state index is 0.0150. The van der Waals surface area contributed by atoms with E-state index >= 15 is 0 Å². The van der Waals surface area contributed by atoms with Gasteiger partial charge in [-0.05, 0) is 19.4 Å². The van der Waals surface area contributed by atoms with Gasteiger partial charge in [-0.2, -0.15) is 0 Å². The molecule has 1 rings (SSSR count). The Bertz CT molecular complexity index is 447. The summed E-state index contributed by atoms with van der Waals surface area (Å²) in [4.78, 5) is 21.7. The number of nitrogens with zero attached hydrogens (tertiary/aromatic N) is 1. The van der Waals surface area contributed by atoms with Crippen LogP contribution in [0.25, 0.3) is 0 Å². The lowest BCUT2D eigenvalue weighted by atomic mass is 10.2. The molecule has 0 N–H and O–H groups in total. The molecular formula is C11H12ClNO4. The van der Waals surface area contributed by atoms with E-state index in [9.17, 15) is 14.9 Å². The molecule has 0 radical (unpaired) electrons. The first-order valence-electron chi connectivity index (χ1n) is 5.11. The Morgan fingerprint density at radius 3 is 2.76 bits per heavy atom. The Morgan fingerprint density at radius 2 is 2.24 bits per heavy atom. The summed E-state index contributed by atoms with van der Waals surface area (Å²) in [6, 6.07) is 4.04. The Hall–Kier alpha value is -1.62. The third-order valence-corrected chi connectivity index (χ3v) is 2.68. The zero-order valence-corrected chi connectivity index (χ0v) is 10.2. The molecule has 0 amide bonds. The van der Waals surface area contributed by atoms with Crippen molar-refractivity contribution in [3.05, 3.63) is 38.9 Å². The van der Waals surface area contributed by atoms with Gasteiger partial charge >= 0.3 is 5.97 Å². The van der Waals surface area contributed by atoms with Gasteiger partial charge in [-0.15, -0.1) is 0 Å². The maximum atomic E-state index is 11.7. The topological polar surface area (TPSA) is 69.4 Å². The summed E-state index contributed by atoms with van der Waals surface area (Å²) in [5, 5.41) is 10.5. The molecule has 1 aromatic rings. The van der Waals surface area contributed by atoms with Gasteiger partial charge in [-0.1, -0.05) is 24.6 Å². The maximum absolute atomic E-state index is 11.7. The van der Waals surface area contributed by atoms with Gasteiger partial charge in [0.05, 0.1) is 16.6 Å². The highest BCUT2D eigenvalue weighted by atomic mass is 35.5. The number of nitro benzene ring substituents is 1. The average molecular weight is 258 g/mol. The van der Waals surface area contributed by atoms with E-state index in [0.717, 1.165) is 0 Å². The first kappa shape index (κ1) is 13.4. The summed E-state index contributed by atoms with van der Waals surface area (Å²) in [5.74, 6) is -0.645. The number of rotatable bonds is 4. The van der Waals surface area contributed by atoms with Gasteiger partial charge in [0, 0.05) is 6.07 Å². The molecule has 0 aliphatic rings. The lowest BCUT2D eigenvalue weighted by molar-refractivity contribution is -0.384. The number of carbonyl (C=O) groups excluding carboxylic acids is 1. The van der Waals surface area contributed by atoms with Crippen molar-refractivity contribution in [3.63, 3.8) is 0 Å². The van der Waals surface area contributed by atoms with Crippen LogP contribution in [0.15, 0.2) is 18.2 Å². The monoisotopic (exact) mass is 257 g/mol. The SMILES string of the molecule is CCC(C)OC(=O)c1cccc([N+](=O)[O-])c1Cl. The molecule has 0 saturated carbocycles. The number of halogens is 1. The van der Waals surface area contributed by atoms with E-state index in [2.05, 4.69) is 0 Å². The van der Waals surface area contributed by atoms with Crippen molar-refractivity contribution in [2.24, 2.45) is 0 Å². The summed E-state index contributed by atoms with van der Waals surface area (Å²) < 4.78 is 5.06. The molecule has 92 valence electrons. The van der Waals surface area contributed by atoms with Gasteiger partial charge in [0.25, 0.3) is 5.69 Å². The van der Waals surface area contributed by atoms with Crippen LogP contribution in [0, 0.1) is 10.1 Å². The highest BCUT2D eigenvalue weighted by Crippen LogP contribution is 2.28. The minimum atomic E-state index is -0.645. The lowest BCUT2D eigenvalue weighted by Crippen LogP contribution is -2.14. The van der Waals surface area contributed by atoms with Crippen LogP contribution in [0.3, 0.4) is 0 Å². The zero-order valence-electron chi connectivity index (χ0n) is 9.47. The minimum Gasteiger partial charge on any atom is -0.459 e. The predicted molar refractivity (Wildman–Crippen MR) is 63.3 cm³/mol. The Balaban J connectivity index is 3.02. The highest BCUT2D eigenvalue weighted by Gasteiger charge is 2.21. The molecule has 0 aromatic heterocycles. The van der Waals surface area contributed by atoms with Crippen molar-refractivity contribution in [2.75, 3.05) is 0 Å². The van der Waals surface area contributed by atoms with E-state index in [1.165, 1.54) is 18.2 Å². The molecule has 0 spiro atoms. The van der Waals surface area contributed by atoms with E-state index in [1.54, 1.807) is 6.92 Å². The fraction of sp³-hybridized carbons (Fsp3) is 0.364. The van der Waals surface area contributed by atoms with Crippen LogP contribution >= 0.6 is 11.6 Å². The molecule has 6 heteroatoms. The van der Waals surface area contributed by atoms with Gasteiger partial charge in [-0.3, -0.25) is 10.1 Å². The maximum Gasteiger partial charge on any atom is 0.340 e. The Morgan fingerprint density at radius 1 is 1.59 bits per heavy atom. The van der Waals surface area contributed by atoms with Gasteiger partial charge in [-0.25, -0.2) is 4.79 Å². The van der Waals surface area contributed by atoms with E-state index in [-0.39, 0.29) is 22.4 Å². The molecule has 0 aliphatic carbocycles. The zero-order chi connectivity index (χ0) is 13.0. The third-order valence-electron chi connectivity index (χ3n) is 2.28. The number of carbonyl (C=O) groups is 1. The number of hydrogen-bond donors (Lipinski definition) is 0. The van der Waals surface area contributed by atoms with E-state index in [1.807, 2.05) is 6.92 Å².